The number of nitrogens with two attached hydrogens (primary N) is 1. The Morgan fingerprint density at radius 1 is 1.47 bits per heavy atom. The van der Waals surface area contributed by atoms with E-state index in [1.54, 1.807) is 13.0 Å². The molecule has 0 aliphatic carbocycles. The number of aryl methyl sites for hydroxylation is 1. The number of anilines is 1. The van der Waals surface area contributed by atoms with Gasteiger partial charge in [-0.05, 0) is 24.6 Å². The van der Waals surface area contributed by atoms with E-state index in [0.717, 1.165) is 5.56 Å². The van der Waals surface area contributed by atoms with Crippen LogP contribution in [0.15, 0.2) is 29.1 Å². The summed E-state index contributed by atoms with van der Waals surface area (Å²) in [4.78, 5) is 18.3. The first kappa shape index (κ1) is 11.7. The molecule has 0 radical (unpaired) electrons. The van der Waals surface area contributed by atoms with Crippen molar-refractivity contribution < 1.29 is 0 Å². The molecule has 0 spiro atoms. The lowest BCUT2D eigenvalue weighted by Crippen LogP contribution is -2.18. The third-order valence-electron chi connectivity index (χ3n) is 2.51. The zero-order valence-corrected chi connectivity index (χ0v) is 10.1. The van der Waals surface area contributed by atoms with Crippen molar-refractivity contribution >= 4 is 17.5 Å². The quantitative estimate of drug-likeness (QED) is 0.854. The summed E-state index contributed by atoms with van der Waals surface area (Å²) in [6.45, 7) is 1.77. The second-order valence-corrected chi connectivity index (χ2v) is 4.26. The highest BCUT2D eigenvalue weighted by Crippen LogP contribution is 2.14. The summed E-state index contributed by atoms with van der Waals surface area (Å²) < 4.78 is 0. The number of aromatic nitrogens is 2. The van der Waals surface area contributed by atoms with Gasteiger partial charge in [-0.1, -0.05) is 23.7 Å². The van der Waals surface area contributed by atoms with Gasteiger partial charge in [0, 0.05) is 17.0 Å². The van der Waals surface area contributed by atoms with Gasteiger partial charge in [0.25, 0.3) is 5.56 Å². The Kier molecular flexibility index (Phi) is 3.15. The smallest absolute Gasteiger partial charge is 0.256 e. The predicted molar refractivity (Wildman–Crippen MR) is 68.3 cm³/mol. The van der Waals surface area contributed by atoms with Gasteiger partial charge >= 0.3 is 0 Å². The standard InChI is InChI=1S/C12H12ClN3O/c1-7-10(11(17)16-12(14)15-7)6-8-3-2-4-9(13)5-8/h2-5H,6H2,1H3,(H3,14,15,16,17). The molecular weight excluding hydrogens is 238 g/mol. The number of rotatable bonds is 2. The van der Waals surface area contributed by atoms with E-state index >= 15 is 0 Å². The zero-order chi connectivity index (χ0) is 12.4. The van der Waals surface area contributed by atoms with E-state index in [-0.39, 0.29) is 11.5 Å². The van der Waals surface area contributed by atoms with Gasteiger partial charge in [0.15, 0.2) is 0 Å². The molecule has 0 fully saturated rings. The SMILES string of the molecule is Cc1nc(N)[nH]c(=O)c1Cc1cccc(Cl)c1. The first-order valence-corrected chi connectivity index (χ1v) is 5.54. The fourth-order valence-electron chi connectivity index (χ4n) is 1.69. The molecule has 0 bridgehead atoms. The van der Waals surface area contributed by atoms with Crippen LogP contribution in [-0.2, 0) is 6.42 Å². The van der Waals surface area contributed by atoms with Crippen LogP contribution in [-0.4, -0.2) is 9.97 Å². The van der Waals surface area contributed by atoms with Crippen molar-refractivity contribution in [2.24, 2.45) is 0 Å². The van der Waals surface area contributed by atoms with Crippen molar-refractivity contribution in [3.8, 4) is 0 Å². The molecule has 2 aromatic rings. The molecule has 0 amide bonds. The largest absolute Gasteiger partial charge is 0.369 e. The Balaban J connectivity index is 2.40. The molecule has 4 nitrogen and oxygen atoms in total. The van der Waals surface area contributed by atoms with Gasteiger partial charge in [-0.2, -0.15) is 0 Å². The number of benzene rings is 1. The van der Waals surface area contributed by atoms with Crippen LogP contribution in [0.25, 0.3) is 0 Å². The molecule has 0 unspecified atom stereocenters. The zero-order valence-electron chi connectivity index (χ0n) is 9.33. The summed E-state index contributed by atoms with van der Waals surface area (Å²) >= 11 is 5.89. The first-order valence-electron chi connectivity index (χ1n) is 5.16. The van der Waals surface area contributed by atoms with Crippen LogP contribution in [0.3, 0.4) is 0 Å². The molecule has 17 heavy (non-hydrogen) atoms. The molecule has 2 rings (SSSR count). The van der Waals surface area contributed by atoms with Crippen LogP contribution in [0.5, 0.6) is 0 Å². The lowest BCUT2D eigenvalue weighted by molar-refractivity contribution is 0.991. The molecule has 0 saturated carbocycles. The third kappa shape index (κ3) is 2.65. The van der Waals surface area contributed by atoms with Gasteiger partial charge in [0.1, 0.15) is 0 Å². The molecule has 3 N–H and O–H groups in total. The number of nitrogens with one attached hydrogen (secondary N) is 1. The van der Waals surface area contributed by atoms with Crippen molar-refractivity contribution in [3.05, 3.63) is 56.5 Å². The number of nitrogen functional groups attached to an aromatic ring is 1. The van der Waals surface area contributed by atoms with Gasteiger partial charge < -0.3 is 5.73 Å². The summed E-state index contributed by atoms with van der Waals surface area (Å²) in [5, 5.41) is 0.653. The van der Waals surface area contributed by atoms with Crippen molar-refractivity contribution in [1.29, 1.82) is 0 Å². The second-order valence-electron chi connectivity index (χ2n) is 3.82. The van der Waals surface area contributed by atoms with Crippen LogP contribution in [0, 0.1) is 6.92 Å². The van der Waals surface area contributed by atoms with Crippen LogP contribution < -0.4 is 11.3 Å². The first-order chi connectivity index (χ1) is 8.06. The molecule has 88 valence electrons. The third-order valence-corrected chi connectivity index (χ3v) is 2.75. The molecule has 0 atom stereocenters. The van der Waals surface area contributed by atoms with Gasteiger partial charge in [-0.25, -0.2) is 4.98 Å². The van der Waals surface area contributed by atoms with E-state index in [0.29, 0.717) is 22.7 Å². The molecular formula is C12H12ClN3O. The number of aromatic amines is 1. The molecule has 0 aliphatic rings. The molecule has 1 aromatic heterocycles. The predicted octanol–water partition coefficient (Wildman–Crippen LogP) is 1.90. The molecule has 0 saturated heterocycles. The Labute approximate surface area is 103 Å². The summed E-state index contributed by atoms with van der Waals surface area (Å²) in [5.74, 6) is 0.141. The van der Waals surface area contributed by atoms with E-state index in [4.69, 9.17) is 17.3 Å². The van der Waals surface area contributed by atoms with Crippen LogP contribution in [0.4, 0.5) is 5.95 Å². The Morgan fingerprint density at radius 3 is 2.88 bits per heavy atom. The van der Waals surface area contributed by atoms with Crippen LogP contribution >= 0.6 is 11.6 Å². The van der Waals surface area contributed by atoms with Crippen molar-refractivity contribution in [3.63, 3.8) is 0 Å². The van der Waals surface area contributed by atoms with Crippen molar-refractivity contribution in [2.45, 2.75) is 13.3 Å². The monoisotopic (exact) mass is 249 g/mol. The Bertz CT molecular complexity index is 607. The maximum Gasteiger partial charge on any atom is 0.256 e. The summed E-state index contributed by atoms with van der Waals surface area (Å²) in [6, 6.07) is 7.40. The van der Waals surface area contributed by atoms with Gasteiger partial charge in [0.2, 0.25) is 5.95 Å². The number of H-pyrrole nitrogens is 1. The van der Waals surface area contributed by atoms with Crippen LogP contribution in [0.2, 0.25) is 5.02 Å². The average Bonchev–Trinajstić information content (AvgIpc) is 2.23. The summed E-state index contributed by atoms with van der Waals surface area (Å²) in [5.41, 5.74) is 7.49. The van der Waals surface area contributed by atoms with E-state index in [2.05, 4.69) is 9.97 Å². The summed E-state index contributed by atoms with van der Waals surface area (Å²) in [6.07, 6.45) is 0.495. The molecule has 0 aliphatic heterocycles. The maximum absolute atomic E-state index is 11.7. The molecule has 5 heteroatoms. The molecule has 1 aromatic carbocycles. The van der Waals surface area contributed by atoms with Crippen molar-refractivity contribution in [2.75, 3.05) is 5.73 Å². The Morgan fingerprint density at radius 2 is 2.24 bits per heavy atom. The highest BCUT2D eigenvalue weighted by Gasteiger charge is 2.07. The van der Waals surface area contributed by atoms with E-state index in [1.165, 1.54) is 0 Å². The number of nitrogens with zero attached hydrogens (tertiary/aromatic N) is 1. The minimum Gasteiger partial charge on any atom is -0.369 e. The van der Waals surface area contributed by atoms with Gasteiger partial charge in [0.05, 0.1) is 5.69 Å². The highest BCUT2D eigenvalue weighted by molar-refractivity contribution is 6.30. The van der Waals surface area contributed by atoms with Crippen molar-refractivity contribution in [1.82, 2.24) is 9.97 Å². The number of hydrogen-bond donors (Lipinski definition) is 2. The Hall–Kier alpha value is -1.81. The summed E-state index contributed by atoms with van der Waals surface area (Å²) in [7, 11) is 0. The normalized spacial score (nSPS) is 10.5. The minimum absolute atomic E-state index is 0.141. The van der Waals surface area contributed by atoms with E-state index in [1.807, 2.05) is 18.2 Å². The van der Waals surface area contributed by atoms with E-state index < -0.39 is 0 Å². The van der Waals surface area contributed by atoms with Gasteiger partial charge in [-0.3, -0.25) is 9.78 Å². The lowest BCUT2D eigenvalue weighted by Gasteiger charge is -2.05. The number of hydrogen-bond acceptors (Lipinski definition) is 3. The topological polar surface area (TPSA) is 71.8 Å². The fraction of sp³-hybridized carbons (Fsp3) is 0.167. The van der Waals surface area contributed by atoms with Gasteiger partial charge in [-0.15, -0.1) is 0 Å². The minimum atomic E-state index is -0.199. The van der Waals surface area contributed by atoms with Crippen LogP contribution in [0.1, 0.15) is 16.8 Å². The fourth-order valence-corrected chi connectivity index (χ4v) is 1.90. The lowest BCUT2D eigenvalue weighted by atomic mass is 10.1. The maximum atomic E-state index is 11.7. The molecule has 1 heterocycles. The second kappa shape index (κ2) is 4.59. The average molecular weight is 250 g/mol. The highest BCUT2D eigenvalue weighted by atomic mass is 35.5. The van der Waals surface area contributed by atoms with E-state index in [9.17, 15) is 4.79 Å². The number of halogens is 1.